The van der Waals surface area contributed by atoms with E-state index in [1.165, 1.54) is 16.2 Å². The molecule has 212 valence electrons. The first-order valence-electron chi connectivity index (χ1n) is 13.5. The summed E-state index contributed by atoms with van der Waals surface area (Å²) in [6.45, 7) is 8.98. The maximum Gasteiger partial charge on any atom is 0.301 e. The van der Waals surface area contributed by atoms with E-state index < -0.39 is 17.7 Å². The molecule has 0 bridgehead atoms. The van der Waals surface area contributed by atoms with Crippen LogP contribution >= 0.6 is 22.9 Å². The molecule has 4 aromatic rings. The highest BCUT2D eigenvalue weighted by Gasteiger charge is 2.48. The van der Waals surface area contributed by atoms with Crippen LogP contribution in [0.1, 0.15) is 49.9 Å². The molecule has 1 fully saturated rings. The van der Waals surface area contributed by atoms with Gasteiger partial charge >= 0.3 is 5.91 Å². The second-order valence-electron chi connectivity index (χ2n) is 10.3. The summed E-state index contributed by atoms with van der Waals surface area (Å²) >= 11 is 7.45. The maximum atomic E-state index is 13.6. The molecule has 2 heterocycles. The Bertz CT molecular complexity index is 1640. The number of aromatic nitrogens is 1. The summed E-state index contributed by atoms with van der Waals surface area (Å²) in [5.74, 6) is -0.276. The highest BCUT2D eigenvalue weighted by molar-refractivity contribution is 7.22. The number of anilines is 1. The standard InChI is InChI=1S/C32H31ClN2O5S/c1-5-39-25-16-21(10-13-24(25)40-15-14-18(2)3)28-27(29(36)20-8-6-19(4)7-9-20)30(37)31(38)35(28)32-34-23-12-11-22(33)17-26(23)41-32/h6-13,16-18,28,36H,5,14-15H2,1-4H3/b29-27+. The molecule has 0 spiro atoms. The topological polar surface area (TPSA) is 89.0 Å². The van der Waals surface area contributed by atoms with Gasteiger partial charge in [-0.3, -0.25) is 14.5 Å². The molecular formula is C32H31ClN2O5S. The predicted octanol–water partition coefficient (Wildman–Crippen LogP) is 7.71. The SMILES string of the molecule is CCOc1cc(C2/C(=C(\O)c3ccc(C)cc3)C(=O)C(=O)N2c2nc3ccc(Cl)cc3s2)ccc1OCCC(C)C. The van der Waals surface area contributed by atoms with Crippen LogP contribution in [-0.2, 0) is 9.59 Å². The van der Waals surface area contributed by atoms with Crippen molar-refractivity contribution in [2.75, 3.05) is 18.1 Å². The van der Waals surface area contributed by atoms with Crippen molar-refractivity contribution >= 4 is 55.7 Å². The Hall–Kier alpha value is -3.88. The van der Waals surface area contributed by atoms with Crippen molar-refractivity contribution < 1.29 is 24.2 Å². The fourth-order valence-electron chi connectivity index (χ4n) is 4.69. The Morgan fingerprint density at radius 2 is 1.80 bits per heavy atom. The lowest BCUT2D eigenvalue weighted by molar-refractivity contribution is -0.132. The molecule has 1 aliphatic heterocycles. The van der Waals surface area contributed by atoms with Gasteiger partial charge in [-0.1, -0.05) is 72.7 Å². The molecule has 1 aromatic heterocycles. The summed E-state index contributed by atoms with van der Waals surface area (Å²) in [5.41, 5.74) is 2.65. The smallest absolute Gasteiger partial charge is 0.301 e. The summed E-state index contributed by atoms with van der Waals surface area (Å²) in [6.07, 6.45) is 0.881. The Morgan fingerprint density at radius 1 is 1.05 bits per heavy atom. The normalized spacial score (nSPS) is 16.6. The molecule has 1 aliphatic rings. The van der Waals surface area contributed by atoms with Gasteiger partial charge in [-0.25, -0.2) is 4.98 Å². The van der Waals surface area contributed by atoms with Crippen LogP contribution < -0.4 is 14.4 Å². The van der Waals surface area contributed by atoms with E-state index in [0.29, 0.717) is 57.4 Å². The van der Waals surface area contributed by atoms with E-state index >= 15 is 0 Å². The number of rotatable bonds is 9. The van der Waals surface area contributed by atoms with E-state index in [2.05, 4.69) is 18.8 Å². The maximum absolute atomic E-state index is 13.6. The third kappa shape index (κ3) is 5.80. The number of ether oxygens (including phenoxy) is 2. The minimum absolute atomic E-state index is 0.0212. The number of aliphatic hydroxyl groups is 1. The highest BCUT2D eigenvalue weighted by atomic mass is 35.5. The quantitative estimate of drug-likeness (QED) is 0.122. The number of benzene rings is 3. The number of aliphatic hydroxyl groups excluding tert-OH is 1. The lowest BCUT2D eigenvalue weighted by Gasteiger charge is -2.24. The molecule has 1 unspecified atom stereocenters. The molecule has 7 nitrogen and oxygen atoms in total. The molecule has 1 amide bonds. The number of amides is 1. The summed E-state index contributed by atoms with van der Waals surface area (Å²) in [7, 11) is 0. The monoisotopic (exact) mass is 590 g/mol. The summed E-state index contributed by atoms with van der Waals surface area (Å²) < 4.78 is 12.7. The van der Waals surface area contributed by atoms with Crippen molar-refractivity contribution in [1.82, 2.24) is 4.98 Å². The molecule has 0 radical (unpaired) electrons. The van der Waals surface area contributed by atoms with E-state index in [0.717, 1.165) is 16.7 Å². The minimum atomic E-state index is -0.948. The van der Waals surface area contributed by atoms with Crippen molar-refractivity contribution in [2.45, 2.75) is 40.2 Å². The first-order valence-corrected chi connectivity index (χ1v) is 14.7. The zero-order chi connectivity index (χ0) is 29.3. The first kappa shape index (κ1) is 28.6. The zero-order valence-electron chi connectivity index (χ0n) is 23.3. The first-order chi connectivity index (χ1) is 19.7. The molecule has 9 heteroatoms. The fraction of sp³-hybridized carbons (Fsp3) is 0.281. The van der Waals surface area contributed by atoms with Crippen molar-refractivity contribution in [3.8, 4) is 11.5 Å². The van der Waals surface area contributed by atoms with Gasteiger partial charge in [-0.05, 0) is 62.1 Å². The number of hydrogen-bond acceptors (Lipinski definition) is 7. The Balaban J connectivity index is 1.67. The van der Waals surface area contributed by atoms with Gasteiger partial charge in [0.25, 0.3) is 5.78 Å². The second kappa shape index (κ2) is 11.9. The lowest BCUT2D eigenvalue weighted by Crippen LogP contribution is -2.29. The number of fused-ring (bicyclic) bond motifs is 1. The van der Waals surface area contributed by atoms with Crippen LogP contribution in [0.5, 0.6) is 11.5 Å². The van der Waals surface area contributed by atoms with Gasteiger partial charge in [-0.2, -0.15) is 0 Å². The van der Waals surface area contributed by atoms with Crippen molar-refractivity contribution in [2.24, 2.45) is 5.92 Å². The molecule has 1 saturated heterocycles. The minimum Gasteiger partial charge on any atom is -0.507 e. The van der Waals surface area contributed by atoms with E-state index in [1.807, 2.05) is 26.0 Å². The molecule has 1 atom stereocenters. The number of aryl methyl sites for hydroxylation is 1. The number of ketones is 1. The number of hydrogen-bond donors (Lipinski definition) is 1. The lowest BCUT2D eigenvalue weighted by atomic mass is 9.95. The molecule has 0 saturated carbocycles. The molecular weight excluding hydrogens is 560 g/mol. The number of carbonyl (C=O) groups is 2. The van der Waals surface area contributed by atoms with Crippen LogP contribution in [0.4, 0.5) is 5.13 Å². The largest absolute Gasteiger partial charge is 0.507 e. The average Bonchev–Trinajstić information content (AvgIpc) is 3.47. The van der Waals surface area contributed by atoms with Crippen LogP contribution in [0.25, 0.3) is 16.0 Å². The Labute approximate surface area is 248 Å². The molecule has 3 aromatic carbocycles. The third-order valence-electron chi connectivity index (χ3n) is 6.85. The van der Waals surface area contributed by atoms with Gasteiger partial charge in [0.2, 0.25) is 0 Å². The van der Waals surface area contributed by atoms with Crippen LogP contribution in [0.2, 0.25) is 5.02 Å². The highest BCUT2D eigenvalue weighted by Crippen LogP contribution is 2.46. The van der Waals surface area contributed by atoms with Gasteiger partial charge in [0.05, 0.1) is 35.0 Å². The number of nitrogens with zero attached hydrogens (tertiary/aromatic N) is 2. The molecule has 41 heavy (non-hydrogen) atoms. The van der Waals surface area contributed by atoms with Gasteiger partial charge in [0.1, 0.15) is 5.76 Å². The molecule has 1 N–H and O–H groups in total. The van der Waals surface area contributed by atoms with E-state index in [1.54, 1.807) is 48.5 Å². The predicted molar refractivity (Wildman–Crippen MR) is 163 cm³/mol. The van der Waals surface area contributed by atoms with Gasteiger partial charge in [0, 0.05) is 10.6 Å². The van der Waals surface area contributed by atoms with Gasteiger partial charge in [0.15, 0.2) is 16.6 Å². The Kier molecular flexibility index (Phi) is 8.33. The molecule has 5 rings (SSSR count). The van der Waals surface area contributed by atoms with E-state index in [9.17, 15) is 14.7 Å². The zero-order valence-corrected chi connectivity index (χ0v) is 24.9. The molecule has 0 aliphatic carbocycles. The van der Waals surface area contributed by atoms with Gasteiger partial charge < -0.3 is 14.6 Å². The van der Waals surface area contributed by atoms with Crippen LogP contribution in [0.3, 0.4) is 0 Å². The van der Waals surface area contributed by atoms with Crippen molar-refractivity contribution in [1.29, 1.82) is 0 Å². The summed E-state index contributed by atoms with van der Waals surface area (Å²) in [4.78, 5) is 33.2. The number of halogens is 1. The van der Waals surface area contributed by atoms with Crippen molar-refractivity contribution in [3.63, 3.8) is 0 Å². The average molecular weight is 591 g/mol. The summed E-state index contributed by atoms with van der Waals surface area (Å²) in [6, 6.07) is 16.8. The van der Waals surface area contributed by atoms with Crippen LogP contribution in [-0.4, -0.2) is 35.0 Å². The second-order valence-corrected chi connectivity index (χ2v) is 11.8. The van der Waals surface area contributed by atoms with Crippen molar-refractivity contribution in [3.05, 3.63) is 87.9 Å². The third-order valence-corrected chi connectivity index (χ3v) is 8.10. The van der Waals surface area contributed by atoms with Crippen LogP contribution in [0.15, 0.2) is 66.2 Å². The van der Waals surface area contributed by atoms with Gasteiger partial charge in [-0.15, -0.1) is 0 Å². The number of thiazole rings is 1. The Morgan fingerprint density at radius 3 is 2.51 bits per heavy atom. The number of carbonyl (C=O) groups excluding carboxylic acids is 2. The van der Waals surface area contributed by atoms with E-state index in [-0.39, 0.29) is 11.3 Å². The van der Waals surface area contributed by atoms with E-state index in [4.69, 9.17) is 21.1 Å². The number of Topliss-reactive ketones (excluding diaryl/α,β-unsaturated/α-hetero) is 1. The van der Waals surface area contributed by atoms with Crippen LogP contribution in [0, 0.1) is 12.8 Å². The fourth-order valence-corrected chi connectivity index (χ4v) is 5.96. The summed E-state index contributed by atoms with van der Waals surface area (Å²) in [5, 5.41) is 12.3.